The van der Waals surface area contributed by atoms with E-state index in [-0.39, 0.29) is 11.7 Å². The summed E-state index contributed by atoms with van der Waals surface area (Å²) in [6, 6.07) is 17.6. The zero-order valence-corrected chi connectivity index (χ0v) is 19.2. The molecule has 29 heavy (non-hydrogen) atoms. The second-order valence-electron chi connectivity index (χ2n) is 6.74. The molecule has 0 fully saturated rings. The zero-order valence-electron chi connectivity index (χ0n) is 19.2. The second-order valence-corrected chi connectivity index (χ2v) is 6.74. The fourth-order valence-electron chi connectivity index (χ4n) is 3.42. The first-order valence-corrected chi connectivity index (χ1v) is 10.5. The number of phenolic OH excluding ortho intramolecular Hbond substituents is 2. The Morgan fingerprint density at radius 3 is 1.72 bits per heavy atom. The molecule has 0 aliphatic rings. The van der Waals surface area contributed by atoms with Crippen molar-refractivity contribution in [2.75, 3.05) is 0 Å². The monoisotopic (exact) mass is 392 g/mol. The minimum absolute atomic E-state index is 0.0554. The Kier molecular flexibility index (Phi) is 9.47. The van der Waals surface area contributed by atoms with Crippen molar-refractivity contribution in [3.05, 3.63) is 93.5 Å². The van der Waals surface area contributed by atoms with Crippen LogP contribution in [0.3, 0.4) is 0 Å². The minimum atomic E-state index is 0.0554. The predicted molar refractivity (Wildman–Crippen MR) is 125 cm³/mol. The van der Waals surface area contributed by atoms with Crippen molar-refractivity contribution < 1.29 is 10.2 Å². The molecular formula is C27H36O2. The van der Waals surface area contributed by atoms with Crippen LogP contribution in [0.1, 0.15) is 72.6 Å². The van der Waals surface area contributed by atoms with Gasteiger partial charge in [-0.25, -0.2) is 0 Å². The van der Waals surface area contributed by atoms with Crippen LogP contribution in [0.2, 0.25) is 0 Å². The van der Waals surface area contributed by atoms with Crippen LogP contribution in [0.5, 0.6) is 11.5 Å². The van der Waals surface area contributed by atoms with Crippen molar-refractivity contribution >= 4 is 0 Å². The van der Waals surface area contributed by atoms with E-state index in [1.165, 1.54) is 22.3 Å². The Hall–Kier alpha value is -2.74. The molecule has 2 nitrogen and oxygen atoms in total. The minimum Gasteiger partial charge on any atom is -0.508 e. The lowest BCUT2D eigenvalue weighted by Gasteiger charge is -2.24. The van der Waals surface area contributed by atoms with Crippen molar-refractivity contribution in [2.24, 2.45) is 0 Å². The molecule has 0 aromatic heterocycles. The first-order valence-electron chi connectivity index (χ1n) is 10.5. The fourth-order valence-corrected chi connectivity index (χ4v) is 3.42. The van der Waals surface area contributed by atoms with Gasteiger partial charge in [-0.2, -0.15) is 0 Å². The lowest BCUT2D eigenvalue weighted by Crippen LogP contribution is -2.08. The third kappa shape index (κ3) is 5.41. The van der Waals surface area contributed by atoms with Crippen LogP contribution in [-0.2, 0) is 0 Å². The van der Waals surface area contributed by atoms with Crippen LogP contribution in [0.4, 0.5) is 0 Å². The third-order valence-corrected chi connectivity index (χ3v) is 5.30. The van der Waals surface area contributed by atoms with Gasteiger partial charge in [0.25, 0.3) is 0 Å². The van der Waals surface area contributed by atoms with Gasteiger partial charge in [-0.15, -0.1) is 0 Å². The summed E-state index contributed by atoms with van der Waals surface area (Å²) in [6.45, 7) is 16.3. The molecule has 0 spiro atoms. The topological polar surface area (TPSA) is 40.5 Å². The molecule has 0 amide bonds. The number of hydrogen-bond acceptors (Lipinski definition) is 2. The van der Waals surface area contributed by atoms with Gasteiger partial charge in [-0.1, -0.05) is 64.1 Å². The van der Waals surface area contributed by atoms with Crippen molar-refractivity contribution in [2.45, 2.75) is 61.3 Å². The summed E-state index contributed by atoms with van der Waals surface area (Å²) in [7, 11) is 0. The second kappa shape index (κ2) is 11.3. The lowest BCUT2D eigenvalue weighted by atomic mass is 9.79. The summed E-state index contributed by atoms with van der Waals surface area (Å²) < 4.78 is 0. The van der Waals surface area contributed by atoms with E-state index in [1.807, 2.05) is 52.8 Å². The molecule has 2 heteroatoms. The highest BCUT2D eigenvalue weighted by atomic mass is 16.3. The third-order valence-electron chi connectivity index (χ3n) is 5.30. The van der Waals surface area contributed by atoms with Crippen molar-refractivity contribution in [3.8, 4) is 11.5 Å². The van der Waals surface area contributed by atoms with Crippen LogP contribution in [0.15, 0.2) is 54.6 Å². The lowest BCUT2D eigenvalue weighted by molar-refractivity contribution is 0.470. The molecule has 0 bridgehead atoms. The Labute approximate surface area is 176 Å². The van der Waals surface area contributed by atoms with Crippen molar-refractivity contribution in [1.82, 2.24) is 0 Å². The van der Waals surface area contributed by atoms with Crippen LogP contribution < -0.4 is 0 Å². The molecule has 0 aliphatic heterocycles. The molecular weight excluding hydrogens is 356 g/mol. The van der Waals surface area contributed by atoms with E-state index in [0.29, 0.717) is 5.75 Å². The maximum Gasteiger partial charge on any atom is 0.118 e. The van der Waals surface area contributed by atoms with E-state index in [2.05, 4.69) is 39.0 Å². The summed E-state index contributed by atoms with van der Waals surface area (Å²) >= 11 is 0. The largest absolute Gasteiger partial charge is 0.508 e. The number of aromatic hydroxyl groups is 2. The molecule has 1 atom stereocenters. The molecule has 3 rings (SSSR count). The van der Waals surface area contributed by atoms with Gasteiger partial charge < -0.3 is 10.2 Å². The molecule has 1 unspecified atom stereocenters. The highest BCUT2D eigenvalue weighted by molar-refractivity contribution is 5.54. The molecule has 0 heterocycles. The van der Waals surface area contributed by atoms with Crippen LogP contribution >= 0.6 is 0 Å². The standard InChI is InChI=1S/C23H24O2.2C2H6/c1-14-6-5-7-20(15(14)2)23(18-8-10-19(24)11-9-18)21-12-13-22(25)17(4)16(21)3;2*1-2/h5-13,23-25H,1-4H3;2*1-2H3. The summed E-state index contributed by atoms with van der Waals surface area (Å²) in [5, 5.41) is 19.7. The van der Waals surface area contributed by atoms with Crippen LogP contribution in [0, 0.1) is 27.7 Å². The Balaban J connectivity index is 0.000000989. The van der Waals surface area contributed by atoms with Crippen LogP contribution in [-0.4, -0.2) is 10.2 Å². The molecule has 0 aliphatic carbocycles. The van der Waals surface area contributed by atoms with E-state index in [4.69, 9.17) is 0 Å². The van der Waals surface area contributed by atoms with Gasteiger partial charge in [-0.05, 0) is 84.8 Å². The predicted octanol–water partition coefficient (Wildman–Crippen LogP) is 7.56. The number of phenols is 2. The first-order chi connectivity index (χ1) is 13.9. The van der Waals surface area contributed by atoms with Gasteiger partial charge in [-0.3, -0.25) is 0 Å². The summed E-state index contributed by atoms with van der Waals surface area (Å²) in [5.41, 5.74) is 8.08. The summed E-state index contributed by atoms with van der Waals surface area (Å²) in [5.74, 6) is 0.647. The van der Waals surface area contributed by atoms with Gasteiger partial charge in [0.15, 0.2) is 0 Å². The molecule has 0 radical (unpaired) electrons. The normalized spacial score (nSPS) is 10.9. The van der Waals surface area contributed by atoms with Gasteiger partial charge >= 0.3 is 0 Å². The highest BCUT2D eigenvalue weighted by Crippen LogP contribution is 2.39. The molecule has 0 saturated heterocycles. The van der Waals surface area contributed by atoms with E-state index in [9.17, 15) is 10.2 Å². The average Bonchev–Trinajstić information content (AvgIpc) is 2.75. The molecule has 0 saturated carbocycles. The highest BCUT2D eigenvalue weighted by Gasteiger charge is 2.22. The fraction of sp³-hybridized carbons (Fsp3) is 0.333. The van der Waals surface area contributed by atoms with Gasteiger partial charge in [0.2, 0.25) is 0 Å². The Bertz CT molecular complexity index is 909. The molecule has 156 valence electrons. The van der Waals surface area contributed by atoms with Gasteiger partial charge in [0.1, 0.15) is 11.5 Å². The number of benzene rings is 3. The van der Waals surface area contributed by atoms with Gasteiger partial charge in [0, 0.05) is 5.92 Å². The van der Waals surface area contributed by atoms with Crippen molar-refractivity contribution in [1.29, 1.82) is 0 Å². The van der Waals surface area contributed by atoms with E-state index in [1.54, 1.807) is 18.2 Å². The number of aryl methyl sites for hydroxylation is 1. The maximum absolute atomic E-state index is 10.0. The van der Waals surface area contributed by atoms with Crippen LogP contribution in [0.25, 0.3) is 0 Å². The average molecular weight is 393 g/mol. The number of rotatable bonds is 3. The number of hydrogen-bond donors (Lipinski definition) is 2. The smallest absolute Gasteiger partial charge is 0.118 e. The first kappa shape index (κ1) is 24.3. The zero-order chi connectivity index (χ0) is 22.1. The quantitative estimate of drug-likeness (QED) is 0.451. The SMILES string of the molecule is CC.CC.Cc1cccc(C(c2ccc(O)cc2)c2ccc(O)c(C)c2C)c1C. The molecule has 3 aromatic carbocycles. The van der Waals surface area contributed by atoms with E-state index in [0.717, 1.165) is 16.7 Å². The molecule has 2 N–H and O–H groups in total. The van der Waals surface area contributed by atoms with E-state index < -0.39 is 0 Å². The summed E-state index contributed by atoms with van der Waals surface area (Å²) in [4.78, 5) is 0. The van der Waals surface area contributed by atoms with Crippen molar-refractivity contribution in [3.63, 3.8) is 0 Å². The molecule has 3 aromatic rings. The maximum atomic E-state index is 10.0. The van der Waals surface area contributed by atoms with E-state index >= 15 is 0 Å². The Morgan fingerprint density at radius 1 is 0.586 bits per heavy atom. The summed E-state index contributed by atoms with van der Waals surface area (Å²) in [6.07, 6.45) is 0. The van der Waals surface area contributed by atoms with Gasteiger partial charge in [0.05, 0.1) is 0 Å². The Morgan fingerprint density at radius 2 is 1.14 bits per heavy atom.